The maximum Gasteiger partial charge on any atom is 0.254 e. The van der Waals surface area contributed by atoms with E-state index < -0.39 is 0 Å². The van der Waals surface area contributed by atoms with E-state index in [1.165, 1.54) is 0 Å². The highest BCUT2D eigenvalue weighted by molar-refractivity contribution is 7.10. The molecule has 0 radical (unpaired) electrons. The molecule has 0 spiro atoms. The monoisotopic (exact) mass is 420 g/mol. The number of ether oxygens (including phenoxy) is 1. The minimum atomic E-state index is -0.0359. The van der Waals surface area contributed by atoms with Gasteiger partial charge in [-0.3, -0.25) is 4.79 Å². The van der Waals surface area contributed by atoms with Crippen LogP contribution >= 0.6 is 11.3 Å². The van der Waals surface area contributed by atoms with Crippen molar-refractivity contribution in [3.8, 4) is 11.8 Å². The molecule has 3 aromatic rings. The van der Waals surface area contributed by atoms with E-state index in [4.69, 9.17) is 9.15 Å². The van der Waals surface area contributed by atoms with E-state index in [1.807, 2.05) is 34.6 Å². The standard InChI is InChI=1S/C22H20N4O3S/c1-28-17-5-2-4-16(14-17)21(27)25-9-11-26(12-10-25)22-19(15-23)24-20(29-22)8-7-18-6-3-13-30-18/h2-8,13-14H,9-12H2,1H3. The molecule has 1 fully saturated rings. The molecule has 7 nitrogen and oxygen atoms in total. The van der Waals surface area contributed by atoms with Crippen molar-refractivity contribution in [2.24, 2.45) is 0 Å². The highest BCUT2D eigenvalue weighted by Crippen LogP contribution is 2.25. The minimum Gasteiger partial charge on any atom is -0.497 e. The number of benzene rings is 1. The fourth-order valence-corrected chi connectivity index (χ4v) is 3.90. The molecule has 8 heteroatoms. The molecule has 0 bridgehead atoms. The van der Waals surface area contributed by atoms with Gasteiger partial charge < -0.3 is 19.0 Å². The lowest BCUT2D eigenvalue weighted by molar-refractivity contribution is 0.0745. The van der Waals surface area contributed by atoms with Crippen molar-refractivity contribution < 1.29 is 13.9 Å². The van der Waals surface area contributed by atoms with Gasteiger partial charge in [0.15, 0.2) is 0 Å². The van der Waals surface area contributed by atoms with Gasteiger partial charge in [0.25, 0.3) is 5.91 Å². The molecule has 0 N–H and O–H groups in total. The lowest BCUT2D eigenvalue weighted by Gasteiger charge is -2.34. The van der Waals surface area contributed by atoms with E-state index in [2.05, 4.69) is 11.1 Å². The summed E-state index contributed by atoms with van der Waals surface area (Å²) in [5.41, 5.74) is 0.856. The second kappa shape index (κ2) is 8.84. The summed E-state index contributed by atoms with van der Waals surface area (Å²) < 4.78 is 11.0. The van der Waals surface area contributed by atoms with Gasteiger partial charge in [-0.05, 0) is 35.7 Å². The van der Waals surface area contributed by atoms with Crippen LogP contribution in [0, 0.1) is 11.3 Å². The number of carbonyl (C=O) groups is 1. The number of piperazine rings is 1. The zero-order chi connectivity index (χ0) is 20.9. The molecule has 4 rings (SSSR count). The maximum atomic E-state index is 12.8. The molecule has 1 aliphatic rings. The largest absolute Gasteiger partial charge is 0.497 e. The number of nitriles is 1. The van der Waals surface area contributed by atoms with Crippen molar-refractivity contribution in [2.75, 3.05) is 38.2 Å². The summed E-state index contributed by atoms with van der Waals surface area (Å²) in [6, 6.07) is 13.2. The molecule has 2 aromatic heterocycles. The average molecular weight is 420 g/mol. The molecule has 0 saturated carbocycles. The Hall–Kier alpha value is -3.57. The molecule has 0 unspecified atom stereocenters. The Morgan fingerprint density at radius 3 is 2.77 bits per heavy atom. The van der Waals surface area contributed by atoms with E-state index >= 15 is 0 Å². The lowest BCUT2D eigenvalue weighted by atomic mass is 10.1. The minimum absolute atomic E-state index is 0.0359. The molecule has 0 aliphatic carbocycles. The smallest absolute Gasteiger partial charge is 0.254 e. The predicted molar refractivity (Wildman–Crippen MR) is 116 cm³/mol. The molecule has 3 heterocycles. The van der Waals surface area contributed by atoms with Crippen molar-refractivity contribution in [3.63, 3.8) is 0 Å². The Labute approximate surface area is 178 Å². The molecular formula is C22H20N4O3S. The summed E-state index contributed by atoms with van der Waals surface area (Å²) in [5, 5.41) is 11.4. The number of carbonyl (C=O) groups excluding carboxylic acids is 1. The van der Waals surface area contributed by atoms with Crippen LogP contribution in [0.1, 0.15) is 26.8 Å². The fourth-order valence-electron chi connectivity index (χ4n) is 3.28. The van der Waals surface area contributed by atoms with Crippen LogP contribution in [0.4, 0.5) is 5.88 Å². The number of rotatable bonds is 5. The number of aromatic nitrogens is 1. The van der Waals surface area contributed by atoms with Crippen molar-refractivity contribution >= 4 is 35.3 Å². The molecule has 30 heavy (non-hydrogen) atoms. The van der Waals surface area contributed by atoms with Crippen LogP contribution in [0.5, 0.6) is 5.75 Å². The number of hydrogen-bond acceptors (Lipinski definition) is 7. The van der Waals surface area contributed by atoms with Gasteiger partial charge in [-0.15, -0.1) is 11.3 Å². The van der Waals surface area contributed by atoms with Gasteiger partial charge in [0.05, 0.1) is 7.11 Å². The van der Waals surface area contributed by atoms with Crippen LogP contribution < -0.4 is 9.64 Å². The van der Waals surface area contributed by atoms with Crippen molar-refractivity contribution in [2.45, 2.75) is 0 Å². The average Bonchev–Trinajstić information content (AvgIpc) is 3.47. The number of anilines is 1. The van der Waals surface area contributed by atoms with Gasteiger partial charge in [0.1, 0.15) is 11.8 Å². The first-order valence-electron chi connectivity index (χ1n) is 9.48. The first-order chi connectivity index (χ1) is 14.7. The normalized spacial score (nSPS) is 14.1. The summed E-state index contributed by atoms with van der Waals surface area (Å²) in [6.07, 6.45) is 3.67. The highest BCUT2D eigenvalue weighted by Gasteiger charge is 2.26. The fraction of sp³-hybridized carbons (Fsp3) is 0.227. The Bertz CT molecular complexity index is 1090. The maximum absolute atomic E-state index is 12.8. The van der Waals surface area contributed by atoms with Gasteiger partial charge in [0, 0.05) is 42.7 Å². The number of oxazole rings is 1. The van der Waals surface area contributed by atoms with Crippen LogP contribution in [-0.2, 0) is 0 Å². The molecule has 1 aromatic carbocycles. The second-order valence-electron chi connectivity index (χ2n) is 6.68. The van der Waals surface area contributed by atoms with Crippen LogP contribution in [0.15, 0.2) is 46.2 Å². The van der Waals surface area contributed by atoms with E-state index in [9.17, 15) is 10.1 Å². The highest BCUT2D eigenvalue weighted by atomic mass is 32.1. The second-order valence-corrected chi connectivity index (χ2v) is 7.66. The summed E-state index contributed by atoms with van der Waals surface area (Å²) in [6.45, 7) is 2.19. The number of hydrogen-bond donors (Lipinski definition) is 0. The third-order valence-corrected chi connectivity index (χ3v) is 5.67. The first kappa shape index (κ1) is 19.7. The van der Waals surface area contributed by atoms with Gasteiger partial charge in [-0.2, -0.15) is 10.2 Å². The summed E-state index contributed by atoms with van der Waals surface area (Å²) in [5.74, 6) is 1.47. The van der Waals surface area contributed by atoms with Gasteiger partial charge in [-0.25, -0.2) is 0 Å². The van der Waals surface area contributed by atoms with Crippen LogP contribution in [0.25, 0.3) is 12.2 Å². The summed E-state index contributed by atoms with van der Waals surface area (Å²) >= 11 is 1.61. The lowest BCUT2D eigenvalue weighted by Crippen LogP contribution is -2.48. The Balaban J connectivity index is 1.43. The summed E-state index contributed by atoms with van der Waals surface area (Å²) in [4.78, 5) is 21.9. The Morgan fingerprint density at radius 1 is 1.23 bits per heavy atom. The summed E-state index contributed by atoms with van der Waals surface area (Å²) in [7, 11) is 1.58. The van der Waals surface area contributed by atoms with Gasteiger partial charge in [0.2, 0.25) is 17.5 Å². The van der Waals surface area contributed by atoms with Crippen LogP contribution in [0.2, 0.25) is 0 Å². The Kier molecular flexibility index (Phi) is 5.82. The van der Waals surface area contributed by atoms with E-state index in [-0.39, 0.29) is 11.6 Å². The SMILES string of the molecule is COc1cccc(C(=O)N2CCN(c3oc(C=Cc4cccs4)nc3C#N)CC2)c1. The molecule has 1 saturated heterocycles. The number of amides is 1. The molecule has 152 valence electrons. The Morgan fingerprint density at radius 2 is 2.07 bits per heavy atom. The number of methoxy groups -OCH3 is 1. The van der Waals surface area contributed by atoms with E-state index in [0.29, 0.717) is 49.3 Å². The quantitative estimate of drug-likeness (QED) is 0.625. The van der Waals surface area contributed by atoms with Crippen molar-refractivity contribution in [1.29, 1.82) is 5.26 Å². The number of thiophene rings is 1. The van der Waals surface area contributed by atoms with E-state index in [0.717, 1.165) is 4.88 Å². The molecular weight excluding hydrogens is 400 g/mol. The van der Waals surface area contributed by atoms with Gasteiger partial charge in [-0.1, -0.05) is 12.1 Å². The third-order valence-electron chi connectivity index (χ3n) is 4.84. The van der Waals surface area contributed by atoms with Crippen LogP contribution in [0.3, 0.4) is 0 Å². The van der Waals surface area contributed by atoms with Crippen LogP contribution in [-0.4, -0.2) is 49.1 Å². The molecule has 0 atom stereocenters. The number of nitrogens with zero attached hydrogens (tertiary/aromatic N) is 4. The van der Waals surface area contributed by atoms with Crippen molar-refractivity contribution in [1.82, 2.24) is 9.88 Å². The zero-order valence-electron chi connectivity index (χ0n) is 16.4. The van der Waals surface area contributed by atoms with Gasteiger partial charge >= 0.3 is 0 Å². The van der Waals surface area contributed by atoms with Crippen molar-refractivity contribution in [3.05, 3.63) is 63.8 Å². The topological polar surface area (TPSA) is 82.6 Å². The third kappa shape index (κ3) is 4.21. The zero-order valence-corrected chi connectivity index (χ0v) is 17.3. The van der Waals surface area contributed by atoms with E-state index in [1.54, 1.807) is 47.6 Å². The molecule has 1 aliphatic heterocycles. The predicted octanol–water partition coefficient (Wildman–Crippen LogP) is 3.75. The first-order valence-corrected chi connectivity index (χ1v) is 10.4. The molecule has 1 amide bonds.